The van der Waals surface area contributed by atoms with Gasteiger partial charge >= 0.3 is 6.03 Å². The van der Waals surface area contributed by atoms with E-state index in [1.54, 1.807) is 4.90 Å². The predicted octanol–water partition coefficient (Wildman–Crippen LogP) is 2.87. The van der Waals surface area contributed by atoms with Gasteiger partial charge in [0.05, 0.1) is 0 Å². The molecule has 0 saturated carbocycles. The number of nitrogens with one attached hydrogen (secondary N) is 1. The third-order valence-corrected chi connectivity index (χ3v) is 2.66. The van der Waals surface area contributed by atoms with Gasteiger partial charge in [-0.2, -0.15) is 0 Å². The second kappa shape index (κ2) is 6.57. The molecule has 0 bridgehead atoms. The third kappa shape index (κ3) is 4.91. The highest BCUT2D eigenvalue weighted by atomic mass is 16.2. The van der Waals surface area contributed by atoms with Gasteiger partial charge in [-0.25, -0.2) is 4.79 Å². The summed E-state index contributed by atoms with van der Waals surface area (Å²) < 4.78 is 0. The zero-order chi connectivity index (χ0) is 14.5. The Morgan fingerprint density at radius 1 is 1.26 bits per heavy atom. The molecule has 106 valence electrons. The monoisotopic (exact) mass is 263 g/mol. The van der Waals surface area contributed by atoms with Gasteiger partial charge in [0.25, 0.3) is 0 Å². The van der Waals surface area contributed by atoms with E-state index in [4.69, 9.17) is 5.73 Å². The highest BCUT2D eigenvalue weighted by Crippen LogP contribution is 2.16. The highest BCUT2D eigenvalue weighted by molar-refractivity contribution is 5.92. The van der Waals surface area contributed by atoms with E-state index in [2.05, 4.69) is 12.2 Å². The van der Waals surface area contributed by atoms with E-state index in [-0.39, 0.29) is 11.6 Å². The molecule has 0 saturated heterocycles. The molecule has 19 heavy (non-hydrogen) atoms. The molecule has 4 nitrogen and oxygen atoms in total. The summed E-state index contributed by atoms with van der Waals surface area (Å²) in [4.78, 5) is 14.1. The smallest absolute Gasteiger partial charge is 0.322 e. The predicted molar refractivity (Wildman–Crippen MR) is 80.3 cm³/mol. The molecular formula is C15H25N3O. The van der Waals surface area contributed by atoms with Crippen LogP contribution in [-0.4, -0.2) is 18.1 Å². The number of benzene rings is 1. The number of nitrogens with two attached hydrogens (primary N) is 1. The van der Waals surface area contributed by atoms with Crippen molar-refractivity contribution in [3.05, 3.63) is 29.8 Å². The van der Waals surface area contributed by atoms with Crippen LogP contribution in [0.3, 0.4) is 0 Å². The normalized spacial score (nSPS) is 11.2. The lowest BCUT2D eigenvalue weighted by atomic mass is 10.1. The number of rotatable bonds is 4. The zero-order valence-corrected chi connectivity index (χ0v) is 12.4. The molecule has 1 aromatic carbocycles. The van der Waals surface area contributed by atoms with Gasteiger partial charge in [-0.05, 0) is 44.9 Å². The minimum absolute atomic E-state index is 0.0603. The van der Waals surface area contributed by atoms with Crippen LogP contribution in [0.1, 0.15) is 39.7 Å². The SMILES string of the molecule is CCCN(C(=O)NC(C)(C)C)c1ccc(CN)cc1. The summed E-state index contributed by atoms with van der Waals surface area (Å²) in [6, 6.07) is 7.75. The summed E-state index contributed by atoms with van der Waals surface area (Å²) in [5, 5.41) is 2.99. The number of nitrogens with zero attached hydrogens (tertiary/aromatic N) is 1. The number of carbonyl (C=O) groups is 1. The Balaban J connectivity index is 2.89. The van der Waals surface area contributed by atoms with Gasteiger partial charge in [0.2, 0.25) is 0 Å². The molecule has 1 aromatic rings. The Bertz CT molecular complexity index is 406. The van der Waals surface area contributed by atoms with Crippen molar-refractivity contribution in [1.29, 1.82) is 0 Å². The highest BCUT2D eigenvalue weighted by Gasteiger charge is 2.20. The molecule has 0 atom stereocenters. The van der Waals surface area contributed by atoms with Gasteiger partial charge in [0.15, 0.2) is 0 Å². The molecule has 0 spiro atoms. The van der Waals surface area contributed by atoms with Gasteiger partial charge in [-0.3, -0.25) is 4.90 Å². The van der Waals surface area contributed by atoms with Gasteiger partial charge in [0.1, 0.15) is 0 Å². The van der Waals surface area contributed by atoms with Gasteiger partial charge in [-0.1, -0.05) is 19.1 Å². The van der Waals surface area contributed by atoms with E-state index in [9.17, 15) is 4.79 Å². The molecule has 0 radical (unpaired) electrons. The largest absolute Gasteiger partial charge is 0.333 e. The first-order chi connectivity index (χ1) is 8.87. The number of urea groups is 1. The maximum atomic E-state index is 12.3. The van der Waals surface area contributed by atoms with Crippen LogP contribution in [-0.2, 0) is 6.54 Å². The fourth-order valence-corrected chi connectivity index (χ4v) is 1.77. The van der Waals surface area contributed by atoms with Gasteiger partial charge < -0.3 is 11.1 Å². The Morgan fingerprint density at radius 3 is 2.26 bits per heavy atom. The summed E-state index contributed by atoms with van der Waals surface area (Å²) in [6.07, 6.45) is 0.913. The zero-order valence-electron chi connectivity index (χ0n) is 12.4. The van der Waals surface area contributed by atoms with E-state index in [1.165, 1.54) is 0 Å². The first-order valence-corrected chi connectivity index (χ1v) is 6.76. The first kappa shape index (κ1) is 15.5. The van der Waals surface area contributed by atoms with Crippen LogP contribution in [0, 0.1) is 0 Å². The Kier molecular flexibility index (Phi) is 5.36. The molecule has 0 aromatic heterocycles. The Labute approximate surface area is 116 Å². The van der Waals surface area contributed by atoms with Crippen molar-refractivity contribution in [2.24, 2.45) is 5.73 Å². The fraction of sp³-hybridized carbons (Fsp3) is 0.533. The second-order valence-corrected chi connectivity index (χ2v) is 5.70. The summed E-state index contributed by atoms with van der Waals surface area (Å²) in [5.74, 6) is 0. The van der Waals surface area contributed by atoms with Crippen molar-refractivity contribution in [3.63, 3.8) is 0 Å². The summed E-state index contributed by atoms with van der Waals surface area (Å²) in [6.45, 7) is 9.21. The molecule has 0 aliphatic carbocycles. The van der Waals surface area contributed by atoms with Crippen molar-refractivity contribution in [3.8, 4) is 0 Å². The second-order valence-electron chi connectivity index (χ2n) is 5.70. The molecule has 0 aliphatic rings. The lowest BCUT2D eigenvalue weighted by Crippen LogP contribution is -2.49. The number of hydrogen-bond donors (Lipinski definition) is 2. The van der Waals surface area contributed by atoms with Crippen LogP contribution in [0.2, 0.25) is 0 Å². The Hall–Kier alpha value is -1.55. The quantitative estimate of drug-likeness (QED) is 0.877. The minimum Gasteiger partial charge on any atom is -0.333 e. The molecule has 0 aliphatic heterocycles. The molecule has 1 rings (SSSR count). The van der Waals surface area contributed by atoms with Crippen LogP contribution in [0.5, 0.6) is 0 Å². The van der Waals surface area contributed by atoms with Crippen LogP contribution >= 0.6 is 0 Å². The molecule has 3 N–H and O–H groups in total. The summed E-state index contributed by atoms with van der Waals surface area (Å²) in [7, 11) is 0. The Morgan fingerprint density at radius 2 is 1.84 bits per heavy atom. The van der Waals surface area contributed by atoms with Crippen LogP contribution in [0.15, 0.2) is 24.3 Å². The molecular weight excluding hydrogens is 238 g/mol. The maximum Gasteiger partial charge on any atom is 0.322 e. The molecule has 2 amide bonds. The van der Waals surface area contributed by atoms with Gasteiger partial charge in [0, 0.05) is 24.3 Å². The maximum absolute atomic E-state index is 12.3. The average molecular weight is 263 g/mol. The summed E-state index contributed by atoms with van der Waals surface area (Å²) >= 11 is 0. The molecule has 0 unspecified atom stereocenters. The van der Waals surface area contributed by atoms with Crippen molar-refractivity contribution < 1.29 is 4.79 Å². The molecule has 0 fully saturated rings. The number of carbonyl (C=O) groups excluding carboxylic acids is 1. The topological polar surface area (TPSA) is 58.4 Å². The number of hydrogen-bond acceptors (Lipinski definition) is 2. The van der Waals surface area contributed by atoms with Crippen molar-refractivity contribution in [2.45, 2.75) is 46.2 Å². The lowest BCUT2D eigenvalue weighted by molar-refractivity contribution is 0.237. The van der Waals surface area contributed by atoms with E-state index < -0.39 is 0 Å². The van der Waals surface area contributed by atoms with Crippen LogP contribution in [0.4, 0.5) is 10.5 Å². The number of amides is 2. The third-order valence-electron chi connectivity index (χ3n) is 2.66. The van der Waals surface area contributed by atoms with Gasteiger partial charge in [-0.15, -0.1) is 0 Å². The van der Waals surface area contributed by atoms with Crippen LogP contribution < -0.4 is 16.0 Å². The van der Waals surface area contributed by atoms with E-state index in [0.717, 1.165) is 17.7 Å². The molecule has 4 heteroatoms. The summed E-state index contributed by atoms with van der Waals surface area (Å²) in [5.41, 5.74) is 7.32. The van der Waals surface area contributed by atoms with E-state index in [1.807, 2.05) is 45.0 Å². The fourth-order valence-electron chi connectivity index (χ4n) is 1.77. The van der Waals surface area contributed by atoms with Crippen LogP contribution in [0.25, 0.3) is 0 Å². The molecule has 0 heterocycles. The standard InChI is InChI=1S/C15H25N3O/c1-5-10-18(14(19)17-15(2,3)4)13-8-6-12(11-16)7-9-13/h6-9H,5,10-11,16H2,1-4H3,(H,17,19). The van der Waals surface area contributed by atoms with E-state index in [0.29, 0.717) is 13.1 Å². The van der Waals surface area contributed by atoms with Crippen molar-refractivity contribution in [1.82, 2.24) is 5.32 Å². The van der Waals surface area contributed by atoms with E-state index >= 15 is 0 Å². The van der Waals surface area contributed by atoms with Crippen molar-refractivity contribution >= 4 is 11.7 Å². The first-order valence-electron chi connectivity index (χ1n) is 6.76. The minimum atomic E-state index is -0.236. The lowest BCUT2D eigenvalue weighted by Gasteiger charge is -2.28. The number of anilines is 1. The average Bonchev–Trinajstić information content (AvgIpc) is 2.34. The van der Waals surface area contributed by atoms with Crippen molar-refractivity contribution in [2.75, 3.05) is 11.4 Å².